The largest absolute Gasteiger partial charge is 0.357 e. The summed E-state index contributed by atoms with van der Waals surface area (Å²) >= 11 is 3.43. The number of amides is 2. The van der Waals surface area contributed by atoms with Crippen LogP contribution in [0.2, 0.25) is 0 Å². The fraction of sp³-hybridized carbons (Fsp3) is 0.259. The Morgan fingerprint density at radius 3 is 2.16 bits per heavy atom. The monoisotopic (exact) mass is 604 g/mol. The first-order chi connectivity index (χ1) is 18.0. The van der Waals surface area contributed by atoms with Crippen LogP contribution in [0, 0.1) is 5.82 Å². The highest BCUT2D eigenvalue weighted by Crippen LogP contribution is 2.23. The number of nitrogens with one attached hydrogen (secondary N) is 1. The van der Waals surface area contributed by atoms with Gasteiger partial charge in [-0.3, -0.25) is 9.59 Å². The third-order valence-electron chi connectivity index (χ3n) is 5.89. The number of hydrogen-bond donors (Lipinski definition) is 1. The summed E-state index contributed by atoms with van der Waals surface area (Å²) in [5.41, 5.74) is 1.71. The van der Waals surface area contributed by atoms with Crippen LogP contribution in [0.1, 0.15) is 11.1 Å². The standard InChI is InChI=1S/C27H30BrFN4O4S/c1-30-27(35)25(17-20-8-5-4-6-9-20)32(18-21-10-7-11-22(28)16-21)26(34)19-33(38(36,37)31(2)3)24-14-12-23(29)13-15-24/h4-16,25H,17-19H2,1-3H3,(H,30,35)/t25-/m1/s1. The van der Waals surface area contributed by atoms with Gasteiger partial charge >= 0.3 is 10.2 Å². The maximum atomic E-state index is 13.9. The molecule has 8 nitrogen and oxygen atoms in total. The number of carbonyl (C=O) groups excluding carboxylic acids is 2. The summed E-state index contributed by atoms with van der Waals surface area (Å²) in [5.74, 6) is -1.52. The minimum absolute atomic E-state index is 0.0580. The second kappa shape index (κ2) is 13.0. The van der Waals surface area contributed by atoms with Gasteiger partial charge in [-0.05, 0) is 47.5 Å². The molecular weight excluding hydrogens is 575 g/mol. The van der Waals surface area contributed by atoms with E-state index >= 15 is 0 Å². The number of likely N-dealkylation sites (N-methyl/N-ethyl adjacent to an activating group) is 1. The van der Waals surface area contributed by atoms with Gasteiger partial charge in [0, 0.05) is 38.6 Å². The van der Waals surface area contributed by atoms with Gasteiger partial charge in [-0.2, -0.15) is 12.7 Å². The van der Waals surface area contributed by atoms with Crippen LogP contribution < -0.4 is 9.62 Å². The van der Waals surface area contributed by atoms with Crippen molar-refractivity contribution in [3.63, 3.8) is 0 Å². The van der Waals surface area contributed by atoms with E-state index in [1.54, 1.807) is 0 Å². The molecule has 0 saturated carbocycles. The Bertz CT molecular complexity index is 1360. The van der Waals surface area contributed by atoms with Gasteiger partial charge in [0.1, 0.15) is 18.4 Å². The molecule has 0 heterocycles. The van der Waals surface area contributed by atoms with Crippen LogP contribution in [-0.4, -0.2) is 63.2 Å². The summed E-state index contributed by atoms with van der Waals surface area (Å²) in [4.78, 5) is 28.4. The second-order valence-electron chi connectivity index (χ2n) is 8.74. The van der Waals surface area contributed by atoms with Gasteiger partial charge in [-0.15, -0.1) is 0 Å². The van der Waals surface area contributed by atoms with E-state index in [0.717, 1.165) is 36.3 Å². The van der Waals surface area contributed by atoms with E-state index in [-0.39, 0.29) is 24.6 Å². The van der Waals surface area contributed by atoms with Crippen LogP contribution in [0.15, 0.2) is 83.3 Å². The average molecular weight is 606 g/mol. The van der Waals surface area contributed by atoms with Gasteiger partial charge in [0.2, 0.25) is 11.8 Å². The van der Waals surface area contributed by atoms with Gasteiger partial charge in [0.05, 0.1) is 5.69 Å². The van der Waals surface area contributed by atoms with Crippen LogP contribution in [0.4, 0.5) is 10.1 Å². The number of rotatable bonds is 11. The molecule has 0 aliphatic rings. The molecule has 0 fully saturated rings. The average Bonchev–Trinajstić information content (AvgIpc) is 2.89. The van der Waals surface area contributed by atoms with Crippen LogP contribution in [0.25, 0.3) is 0 Å². The number of anilines is 1. The van der Waals surface area contributed by atoms with Gasteiger partial charge in [-0.25, -0.2) is 8.70 Å². The minimum atomic E-state index is -4.13. The molecule has 0 aliphatic heterocycles. The van der Waals surface area contributed by atoms with Crippen molar-refractivity contribution in [2.45, 2.75) is 19.0 Å². The molecule has 0 aromatic heterocycles. The second-order valence-corrected chi connectivity index (χ2v) is 11.7. The molecule has 0 radical (unpaired) electrons. The predicted octanol–water partition coefficient (Wildman–Crippen LogP) is 3.59. The number of nitrogens with zero attached hydrogens (tertiary/aromatic N) is 3. The normalized spacial score (nSPS) is 12.2. The van der Waals surface area contributed by atoms with Crippen molar-refractivity contribution in [3.8, 4) is 0 Å². The van der Waals surface area contributed by atoms with E-state index in [4.69, 9.17) is 0 Å². The quantitative estimate of drug-likeness (QED) is 0.362. The van der Waals surface area contributed by atoms with Gasteiger partial charge in [0.15, 0.2) is 0 Å². The molecule has 38 heavy (non-hydrogen) atoms. The number of benzene rings is 3. The maximum Gasteiger partial charge on any atom is 0.304 e. The lowest BCUT2D eigenvalue weighted by Gasteiger charge is -2.34. The molecule has 0 saturated heterocycles. The van der Waals surface area contributed by atoms with Gasteiger partial charge in [-0.1, -0.05) is 58.4 Å². The molecule has 1 atom stereocenters. The first-order valence-corrected chi connectivity index (χ1v) is 14.0. The molecule has 1 N–H and O–H groups in total. The summed E-state index contributed by atoms with van der Waals surface area (Å²) in [6, 6.07) is 20.5. The predicted molar refractivity (Wildman–Crippen MR) is 149 cm³/mol. The smallest absolute Gasteiger partial charge is 0.304 e. The Balaban J connectivity index is 2.06. The van der Waals surface area contributed by atoms with E-state index in [9.17, 15) is 22.4 Å². The van der Waals surface area contributed by atoms with Gasteiger partial charge < -0.3 is 10.2 Å². The number of hydrogen-bond acceptors (Lipinski definition) is 4. The topological polar surface area (TPSA) is 90.0 Å². The van der Waals surface area contributed by atoms with E-state index in [2.05, 4.69) is 21.2 Å². The molecule has 0 spiro atoms. The van der Waals surface area contributed by atoms with Crippen molar-refractivity contribution in [2.24, 2.45) is 0 Å². The number of halogens is 2. The Morgan fingerprint density at radius 2 is 1.58 bits per heavy atom. The molecule has 0 aliphatic carbocycles. The molecule has 3 aromatic rings. The Labute approximate surface area is 231 Å². The molecule has 202 valence electrons. The molecule has 11 heteroatoms. The fourth-order valence-corrected chi connectivity index (χ4v) is 5.38. The fourth-order valence-electron chi connectivity index (χ4n) is 3.88. The van der Waals surface area contributed by atoms with Crippen LogP contribution in [-0.2, 0) is 32.8 Å². The van der Waals surface area contributed by atoms with Crippen molar-refractivity contribution >= 4 is 43.6 Å². The van der Waals surface area contributed by atoms with Gasteiger partial charge in [0.25, 0.3) is 0 Å². The van der Waals surface area contributed by atoms with E-state index in [1.165, 1.54) is 38.2 Å². The molecule has 0 unspecified atom stereocenters. The van der Waals surface area contributed by atoms with E-state index in [1.807, 2.05) is 54.6 Å². The first-order valence-electron chi connectivity index (χ1n) is 11.8. The zero-order valence-electron chi connectivity index (χ0n) is 21.3. The zero-order chi connectivity index (χ0) is 27.9. The van der Waals surface area contributed by atoms with Crippen LogP contribution in [0.3, 0.4) is 0 Å². The number of carbonyl (C=O) groups is 2. The lowest BCUT2D eigenvalue weighted by molar-refractivity contribution is -0.139. The third kappa shape index (κ3) is 7.40. The summed E-state index contributed by atoms with van der Waals surface area (Å²) in [6.07, 6.45) is 0.219. The molecule has 2 amide bonds. The Morgan fingerprint density at radius 1 is 0.947 bits per heavy atom. The lowest BCUT2D eigenvalue weighted by Crippen LogP contribution is -2.53. The highest BCUT2D eigenvalue weighted by atomic mass is 79.9. The van der Waals surface area contributed by atoms with Crippen molar-refractivity contribution < 1.29 is 22.4 Å². The minimum Gasteiger partial charge on any atom is -0.357 e. The van der Waals surface area contributed by atoms with E-state index in [0.29, 0.717) is 0 Å². The highest BCUT2D eigenvalue weighted by molar-refractivity contribution is 9.10. The zero-order valence-corrected chi connectivity index (χ0v) is 23.7. The summed E-state index contributed by atoms with van der Waals surface area (Å²) in [6.45, 7) is -0.537. The maximum absolute atomic E-state index is 13.9. The van der Waals surface area contributed by atoms with Crippen molar-refractivity contribution in [1.82, 2.24) is 14.5 Å². The Kier molecular flexibility index (Phi) is 10.0. The first kappa shape index (κ1) is 29.3. The SMILES string of the molecule is CNC(=O)[C@@H](Cc1ccccc1)N(Cc1cccc(Br)c1)C(=O)CN(c1ccc(F)cc1)S(=O)(=O)N(C)C. The molecule has 3 rings (SSSR count). The van der Waals surface area contributed by atoms with Crippen LogP contribution in [0.5, 0.6) is 0 Å². The van der Waals surface area contributed by atoms with Crippen LogP contribution >= 0.6 is 15.9 Å². The third-order valence-corrected chi connectivity index (χ3v) is 8.21. The highest BCUT2D eigenvalue weighted by Gasteiger charge is 2.34. The molecular formula is C27H30BrFN4O4S. The lowest BCUT2D eigenvalue weighted by atomic mass is 10.0. The van der Waals surface area contributed by atoms with Crippen molar-refractivity contribution in [1.29, 1.82) is 0 Å². The molecule has 3 aromatic carbocycles. The Hall–Kier alpha value is -3.28. The molecule has 0 bridgehead atoms. The summed E-state index contributed by atoms with van der Waals surface area (Å²) in [5, 5.41) is 2.63. The van der Waals surface area contributed by atoms with E-state index < -0.39 is 34.5 Å². The summed E-state index contributed by atoms with van der Waals surface area (Å²) in [7, 11) is 0.0459. The van der Waals surface area contributed by atoms with Crippen molar-refractivity contribution in [3.05, 3.63) is 100 Å². The van der Waals surface area contributed by atoms with Crippen molar-refractivity contribution in [2.75, 3.05) is 32.0 Å². The summed E-state index contributed by atoms with van der Waals surface area (Å²) < 4.78 is 42.7.